The summed E-state index contributed by atoms with van der Waals surface area (Å²) in [5.41, 5.74) is 0.478. The van der Waals surface area contributed by atoms with Crippen LogP contribution in [-0.4, -0.2) is 33.8 Å². The second-order valence-electron chi connectivity index (χ2n) is 4.52. The minimum atomic E-state index is -0.592. The van der Waals surface area contributed by atoms with E-state index in [9.17, 15) is 4.79 Å². The number of amides is 1. The third-order valence-electron chi connectivity index (χ3n) is 2.09. The van der Waals surface area contributed by atoms with Gasteiger partial charge in [0.1, 0.15) is 0 Å². The molecule has 0 unspecified atom stereocenters. The Morgan fingerprint density at radius 3 is 2.71 bits per heavy atom. The highest BCUT2D eigenvalue weighted by Gasteiger charge is 2.21. The first-order valence-electron chi connectivity index (χ1n) is 5.23. The maximum atomic E-state index is 11.0. The Balaban J connectivity index is 2.78. The highest BCUT2D eigenvalue weighted by molar-refractivity contribution is 5.89. The Morgan fingerprint density at radius 1 is 1.53 bits per heavy atom. The van der Waals surface area contributed by atoms with Crippen LogP contribution >= 0.6 is 0 Å². The highest BCUT2D eigenvalue weighted by atomic mass is 16.7. The smallest absolute Gasteiger partial charge is 0.323 e. The van der Waals surface area contributed by atoms with Crippen molar-refractivity contribution in [2.75, 3.05) is 7.05 Å². The van der Waals surface area contributed by atoms with E-state index in [0.717, 1.165) is 0 Å². The van der Waals surface area contributed by atoms with Gasteiger partial charge in [-0.2, -0.15) is 0 Å². The van der Waals surface area contributed by atoms with Gasteiger partial charge in [0.2, 0.25) is 0 Å². The molecule has 0 aliphatic heterocycles. The van der Waals surface area contributed by atoms with Gasteiger partial charge in [0.15, 0.2) is 0 Å². The number of hydrogen-bond donors (Lipinski definition) is 1. The zero-order chi connectivity index (χ0) is 12.9. The molecular weight excluding hydrogens is 222 g/mol. The molecule has 1 aromatic heterocycles. The minimum absolute atomic E-state index is 0.222. The zero-order valence-electron chi connectivity index (χ0n) is 10.5. The third-order valence-corrected chi connectivity index (χ3v) is 2.09. The fourth-order valence-electron chi connectivity index (χ4n) is 1.02. The summed E-state index contributed by atoms with van der Waals surface area (Å²) in [5.74, 6) is 0. The molecule has 0 spiro atoms. The molecule has 0 fully saturated rings. The molecule has 1 amide bonds. The van der Waals surface area contributed by atoms with Crippen molar-refractivity contribution in [3.05, 3.63) is 12.4 Å². The number of rotatable bonds is 3. The topological polar surface area (TPSA) is 81.4 Å². The summed E-state index contributed by atoms with van der Waals surface area (Å²) in [7, 11) is 1.48. The number of carbonyl (C=O) groups is 1. The molecule has 0 saturated carbocycles. The number of oxime groups is 1. The normalized spacial score (nSPS) is 12.4. The van der Waals surface area contributed by atoms with Crippen molar-refractivity contribution in [3.63, 3.8) is 0 Å². The SMILES string of the molecule is CNC(=O)ON=C(Cn1ccnn1)C(C)(C)C. The van der Waals surface area contributed by atoms with Gasteiger partial charge < -0.3 is 5.32 Å². The Bertz CT molecular complexity index is 391. The van der Waals surface area contributed by atoms with E-state index in [4.69, 9.17) is 4.84 Å². The average Bonchev–Trinajstić information content (AvgIpc) is 2.74. The van der Waals surface area contributed by atoms with E-state index in [-0.39, 0.29) is 5.41 Å². The summed E-state index contributed by atoms with van der Waals surface area (Å²) in [6, 6.07) is 0. The van der Waals surface area contributed by atoms with Crippen LogP contribution in [0.15, 0.2) is 17.5 Å². The lowest BCUT2D eigenvalue weighted by molar-refractivity contribution is 0.151. The summed E-state index contributed by atoms with van der Waals surface area (Å²) in [6.45, 7) is 6.38. The summed E-state index contributed by atoms with van der Waals surface area (Å²) in [4.78, 5) is 15.7. The molecule has 0 radical (unpaired) electrons. The van der Waals surface area contributed by atoms with Gasteiger partial charge in [-0.15, -0.1) is 5.10 Å². The van der Waals surface area contributed by atoms with Crippen molar-refractivity contribution in [2.45, 2.75) is 27.3 Å². The van der Waals surface area contributed by atoms with E-state index in [1.807, 2.05) is 20.8 Å². The van der Waals surface area contributed by atoms with Crippen LogP contribution in [0.3, 0.4) is 0 Å². The summed E-state index contributed by atoms with van der Waals surface area (Å²) in [6.07, 6.45) is 2.71. The van der Waals surface area contributed by atoms with Gasteiger partial charge in [0.05, 0.1) is 18.5 Å². The molecule has 94 valence electrons. The fourth-order valence-corrected chi connectivity index (χ4v) is 1.02. The summed E-state index contributed by atoms with van der Waals surface area (Å²) < 4.78 is 1.62. The maximum absolute atomic E-state index is 11.0. The van der Waals surface area contributed by atoms with Gasteiger partial charge in [-0.1, -0.05) is 31.1 Å². The van der Waals surface area contributed by atoms with Crippen molar-refractivity contribution in [3.8, 4) is 0 Å². The van der Waals surface area contributed by atoms with E-state index in [1.165, 1.54) is 7.05 Å². The van der Waals surface area contributed by atoms with E-state index < -0.39 is 6.09 Å². The average molecular weight is 239 g/mol. The maximum Gasteiger partial charge on any atom is 0.433 e. The number of carbonyl (C=O) groups excluding carboxylic acids is 1. The van der Waals surface area contributed by atoms with Gasteiger partial charge in [-0.3, -0.25) is 4.84 Å². The lowest BCUT2D eigenvalue weighted by Crippen LogP contribution is -2.27. The Labute approximate surface area is 99.8 Å². The number of nitrogens with zero attached hydrogens (tertiary/aromatic N) is 4. The minimum Gasteiger partial charge on any atom is -0.323 e. The lowest BCUT2D eigenvalue weighted by atomic mass is 9.90. The predicted octanol–water partition coefficient (Wildman–Crippen LogP) is 1.04. The van der Waals surface area contributed by atoms with Crippen molar-refractivity contribution < 1.29 is 9.63 Å². The number of aromatic nitrogens is 3. The lowest BCUT2D eigenvalue weighted by Gasteiger charge is -2.20. The van der Waals surface area contributed by atoms with Gasteiger partial charge >= 0.3 is 6.09 Å². The third kappa shape index (κ3) is 4.21. The molecule has 1 aromatic rings. The molecule has 0 bridgehead atoms. The van der Waals surface area contributed by atoms with Crippen LogP contribution in [0.4, 0.5) is 4.79 Å². The van der Waals surface area contributed by atoms with E-state index >= 15 is 0 Å². The quantitative estimate of drug-likeness (QED) is 0.485. The van der Waals surface area contributed by atoms with Crippen molar-refractivity contribution in [2.24, 2.45) is 10.6 Å². The van der Waals surface area contributed by atoms with Crippen LogP contribution in [0.5, 0.6) is 0 Å². The first-order valence-corrected chi connectivity index (χ1v) is 5.23. The van der Waals surface area contributed by atoms with Gasteiger partial charge in [-0.05, 0) is 0 Å². The van der Waals surface area contributed by atoms with E-state index in [1.54, 1.807) is 17.1 Å². The summed E-state index contributed by atoms with van der Waals surface area (Å²) in [5, 5.41) is 13.7. The second-order valence-corrected chi connectivity index (χ2v) is 4.52. The Hall–Kier alpha value is -1.92. The van der Waals surface area contributed by atoms with Crippen LogP contribution in [0.1, 0.15) is 20.8 Å². The van der Waals surface area contributed by atoms with Crippen LogP contribution in [0.25, 0.3) is 0 Å². The molecule has 1 heterocycles. The molecule has 1 rings (SSSR count). The Kier molecular flexibility index (Phi) is 4.19. The monoisotopic (exact) mass is 239 g/mol. The van der Waals surface area contributed by atoms with E-state index in [0.29, 0.717) is 12.3 Å². The van der Waals surface area contributed by atoms with Crippen molar-refractivity contribution in [1.29, 1.82) is 0 Å². The van der Waals surface area contributed by atoms with Crippen LogP contribution < -0.4 is 5.32 Å². The molecule has 1 N–H and O–H groups in total. The molecule has 7 heteroatoms. The molecule has 0 aliphatic rings. The molecular formula is C10H17N5O2. The zero-order valence-corrected chi connectivity index (χ0v) is 10.5. The van der Waals surface area contributed by atoms with Gasteiger partial charge in [0, 0.05) is 18.7 Å². The predicted molar refractivity (Wildman–Crippen MR) is 62.5 cm³/mol. The number of hydrogen-bond acceptors (Lipinski definition) is 5. The Morgan fingerprint density at radius 2 is 2.24 bits per heavy atom. The molecule has 0 saturated heterocycles. The highest BCUT2D eigenvalue weighted by Crippen LogP contribution is 2.17. The molecule has 0 aliphatic carbocycles. The van der Waals surface area contributed by atoms with Crippen molar-refractivity contribution in [1.82, 2.24) is 20.3 Å². The molecule has 0 aromatic carbocycles. The molecule has 7 nitrogen and oxygen atoms in total. The standard InChI is InChI=1S/C10H17N5O2/c1-10(2,3)8(13-17-9(16)11-4)7-15-6-5-12-14-15/h5-6H,7H2,1-4H3,(H,11,16). The molecule has 17 heavy (non-hydrogen) atoms. The van der Waals surface area contributed by atoms with Gasteiger partial charge in [-0.25, -0.2) is 9.48 Å². The first-order chi connectivity index (χ1) is 7.93. The van der Waals surface area contributed by atoms with Crippen LogP contribution in [0, 0.1) is 5.41 Å². The largest absolute Gasteiger partial charge is 0.433 e. The second kappa shape index (κ2) is 5.42. The number of nitrogens with one attached hydrogen (secondary N) is 1. The molecule has 0 atom stereocenters. The van der Waals surface area contributed by atoms with E-state index in [2.05, 4.69) is 20.8 Å². The first kappa shape index (κ1) is 13.1. The summed E-state index contributed by atoms with van der Waals surface area (Å²) >= 11 is 0. The van der Waals surface area contributed by atoms with Crippen LogP contribution in [0.2, 0.25) is 0 Å². The van der Waals surface area contributed by atoms with Gasteiger partial charge in [0.25, 0.3) is 0 Å². The van der Waals surface area contributed by atoms with Crippen molar-refractivity contribution >= 4 is 11.8 Å². The van der Waals surface area contributed by atoms with Crippen LogP contribution in [-0.2, 0) is 11.4 Å². The fraction of sp³-hybridized carbons (Fsp3) is 0.600.